The highest BCUT2D eigenvalue weighted by molar-refractivity contribution is 6.31. The first-order valence-electron chi connectivity index (χ1n) is 11.8. The van der Waals surface area contributed by atoms with Crippen LogP contribution in [0, 0.1) is 23.1 Å². The van der Waals surface area contributed by atoms with Gasteiger partial charge in [0.05, 0.1) is 35.5 Å². The van der Waals surface area contributed by atoms with Crippen LogP contribution in [0.5, 0.6) is 0 Å². The molecule has 0 amide bonds. The molecule has 1 N–H and O–H groups in total. The number of carbonyl (C=O) groups is 1. The molecule has 1 unspecified atom stereocenters. The van der Waals surface area contributed by atoms with Crippen molar-refractivity contribution in [1.82, 2.24) is 14.9 Å². The monoisotopic (exact) mass is 504 g/mol. The van der Waals surface area contributed by atoms with E-state index in [0.717, 1.165) is 43.9 Å². The molecule has 1 atom stereocenters. The maximum atomic E-state index is 14.5. The van der Waals surface area contributed by atoms with E-state index in [4.69, 9.17) is 16.3 Å². The van der Waals surface area contributed by atoms with Crippen LogP contribution in [0.15, 0.2) is 49.3 Å². The fourth-order valence-corrected chi connectivity index (χ4v) is 4.74. The smallest absolute Gasteiger partial charge is 0.165 e. The number of nitrogens with zero attached hydrogens (tertiary/aromatic N) is 3. The zero-order chi connectivity index (χ0) is 25.3. The molecule has 36 heavy (non-hydrogen) atoms. The Balaban J connectivity index is 1.51. The lowest BCUT2D eigenvalue weighted by molar-refractivity contribution is -0.114. The van der Waals surface area contributed by atoms with Crippen molar-refractivity contribution in [2.45, 2.75) is 25.8 Å². The minimum atomic E-state index is -0.567. The first-order chi connectivity index (χ1) is 17.3. The average Bonchev–Trinajstić information content (AvgIpc) is 3.21. The van der Waals surface area contributed by atoms with Crippen molar-refractivity contribution in [2.24, 2.45) is 5.41 Å². The van der Waals surface area contributed by atoms with Crippen LogP contribution < -0.4 is 5.32 Å². The highest BCUT2D eigenvalue weighted by atomic mass is 35.5. The number of fused-ring (bicyclic) bond motifs is 1. The van der Waals surface area contributed by atoms with E-state index in [-0.39, 0.29) is 28.3 Å². The molecule has 2 aromatic carbocycles. The van der Waals surface area contributed by atoms with Crippen LogP contribution >= 0.6 is 11.6 Å². The third-order valence-electron chi connectivity index (χ3n) is 6.80. The summed E-state index contributed by atoms with van der Waals surface area (Å²) in [6.45, 7) is 9.26. The largest absolute Gasteiger partial charge is 0.378 e. The highest BCUT2D eigenvalue weighted by Gasteiger charge is 2.38. The van der Waals surface area contributed by atoms with Crippen molar-refractivity contribution in [1.29, 1.82) is 0 Å². The van der Waals surface area contributed by atoms with E-state index in [2.05, 4.69) is 45.5 Å². The second kappa shape index (κ2) is 9.98. The van der Waals surface area contributed by atoms with Gasteiger partial charge in [0.1, 0.15) is 12.1 Å². The molecule has 8 heteroatoms. The van der Waals surface area contributed by atoms with Gasteiger partial charge in [0.15, 0.2) is 11.6 Å². The summed E-state index contributed by atoms with van der Waals surface area (Å²) >= 11 is 5.94. The van der Waals surface area contributed by atoms with E-state index in [1.54, 1.807) is 12.1 Å². The molecule has 1 aromatic heterocycles. The fraction of sp³-hybridized carbons (Fsp3) is 0.321. The number of likely N-dealkylation sites (tertiary alicyclic amines) is 1. The lowest BCUT2D eigenvalue weighted by atomic mass is 9.89. The Morgan fingerprint density at radius 2 is 2.22 bits per heavy atom. The third-order valence-corrected chi connectivity index (χ3v) is 7.09. The summed E-state index contributed by atoms with van der Waals surface area (Å²) in [5.74, 6) is 6.55. The van der Waals surface area contributed by atoms with E-state index in [1.807, 2.05) is 12.1 Å². The molecule has 0 aliphatic carbocycles. The van der Waals surface area contributed by atoms with Gasteiger partial charge in [-0.1, -0.05) is 36.1 Å². The van der Waals surface area contributed by atoms with Gasteiger partial charge in [0.2, 0.25) is 0 Å². The maximum absolute atomic E-state index is 14.5. The summed E-state index contributed by atoms with van der Waals surface area (Å²) in [5, 5.41) is 3.67. The minimum Gasteiger partial charge on any atom is -0.378 e. The number of ketones is 1. The summed E-state index contributed by atoms with van der Waals surface area (Å²) < 4.78 is 19.9. The minimum absolute atomic E-state index is 0.0111. The molecule has 3 aromatic rings. The second-order valence-corrected chi connectivity index (χ2v) is 9.95. The van der Waals surface area contributed by atoms with Crippen LogP contribution in [-0.4, -0.2) is 53.0 Å². The zero-order valence-corrected chi connectivity index (χ0v) is 20.7. The molecule has 2 saturated heterocycles. The number of hydrogen-bond acceptors (Lipinski definition) is 6. The van der Waals surface area contributed by atoms with Gasteiger partial charge in [-0.2, -0.15) is 0 Å². The molecule has 0 bridgehead atoms. The zero-order valence-electron chi connectivity index (χ0n) is 20.0. The van der Waals surface area contributed by atoms with Crippen molar-refractivity contribution in [2.75, 3.05) is 31.6 Å². The molecule has 5 rings (SSSR count). The fourth-order valence-electron chi connectivity index (χ4n) is 4.56. The van der Waals surface area contributed by atoms with Gasteiger partial charge in [-0.25, -0.2) is 14.4 Å². The van der Waals surface area contributed by atoms with Crippen LogP contribution in [0.3, 0.4) is 0 Å². The summed E-state index contributed by atoms with van der Waals surface area (Å²) in [6.07, 6.45) is 3.84. The normalized spacial score (nSPS) is 20.0. The van der Waals surface area contributed by atoms with Crippen molar-refractivity contribution in [3.8, 4) is 11.8 Å². The predicted molar refractivity (Wildman–Crippen MR) is 139 cm³/mol. The SMILES string of the molecule is C=CC(=O)Cc1cc2c(Nc3cccc(Cl)c3F)ncnc2cc1C#CC1(C)CCN(C2COC2)C1. The number of ether oxygens (including phenoxy) is 1. The molecule has 2 aliphatic heterocycles. The van der Waals surface area contributed by atoms with E-state index < -0.39 is 5.82 Å². The van der Waals surface area contributed by atoms with Gasteiger partial charge in [-0.15, -0.1) is 0 Å². The number of aromatic nitrogens is 2. The van der Waals surface area contributed by atoms with Crippen molar-refractivity contribution in [3.05, 3.63) is 71.3 Å². The van der Waals surface area contributed by atoms with Crippen LogP contribution in [0.25, 0.3) is 10.9 Å². The van der Waals surface area contributed by atoms with E-state index in [0.29, 0.717) is 22.8 Å². The van der Waals surface area contributed by atoms with Gasteiger partial charge < -0.3 is 10.1 Å². The molecular weight excluding hydrogens is 479 g/mol. The lowest BCUT2D eigenvalue weighted by Gasteiger charge is -2.35. The van der Waals surface area contributed by atoms with Gasteiger partial charge in [-0.3, -0.25) is 9.69 Å². The van der Waals surface area contributed by atoms with Crippen molar-refractivity contribution in [3.63, 3.8) is 0 Å². The predicted octanol–water partition coefficient (Wildman–Crippen LogP) is 4.93. The number of nitrogens with one attached hydrogen (secondary N) is 1. The Morgan fingerprint density at radius 3 is 2.97 bits per heavy atom. The third kappa shape index (κ3) is 4.98. The number of benzene rings is 2. The van der Waals surface area contributed by atoms with Crippen LogP contribution in [0.1, 0.15) is 24.5 Å². The molecule has 0 spiro atoms. The van der Waals surface area contributed by atoms with Crippen molar-refractivity contribution < 1.29 is 13.9 Å². The molecule has 184 valence electrons. The molecule has 6 nitrogen and oxygen atoms in total. The average molecular weight is 505 g/mol. The van der Waals surface area contributed by atoms with E-state index in [1.165, 1.54) is 18.5 Å². The number of carbonyl (C=O) groups excluding carboxylic acids is 1. The molecular formula is C28H26ClFN4O2. The summed E-state index contributed by atoms with van der Waals surface area (Å²) in [4.78, 5) is 23.5. The van der Waals surface area contributed by atoms with Gasteiger partial charge >= 0.3 is 0 Å². The Labute approximate surface area is 214 Å². The van der Waals surface area contributed by atoms with Gasteiger partial charge in [0.25, 0.3) is 0 Å². The number of allylic oxidation sites excluding steroid dienone is 1. The van der Waals surface area contributed by atoms with Crippen LogP contribution in [0.4, 0.5) is 15.9 Å². The van der Waals surface area contributed by atoms with Crippen LogP contribution in [-0.2, 0) is 16.0 Å². The standard InChI is InChI=1S/C28H26ClFN4O2/c1-3-21(35)11-19-12-22-25(31-17-32-27(22)33-24-6-4-5-23(29)26(24)30)13-18(19)7-8-28(2)9-10-34(16-28)20-14-36-15-20/h3-6,12-13,17,20H,1,9-11,14-16H2,2H3,(H,31,32,33). The summed E-state index contributed by atoms with van der Waals surface area (Å²) in [6, 6.07) is 8.92. The van der Waals surface area contributed by atoms with Crippen molar-refractivity contribution >= 4 is 39.8 Å². The highest BCUT2D eigenvalue weighted by Crippen LogP contribution is 2.33. The Morgan fingerprint density at radius 1 is 1.39 bits per heavy atom. The van der Waals surface area contributed by atoms with Gasteiger partial charge in [-0.05, 0) is 49.2 Å². The Bertz CT molecular complexity index is 1410. The topological polar surface area (TPSA) is 67.4 Å². The Hall–Kier alpha value is -3.31. The molecule has 0 radical (unpaired) electrons. The Kier molecular flexibility index (Phi) is 6.76. The first-order valence-corrected chi connectivity index (χ1v) is 12.2. The van der Waals surface area contributed by atoms with Gasteiger partial charge in [0, 0.05) is 35.9 Å². The molecule has 3 heterocycles. The number of hydrogen-bond donors (Lipinski definition) is 1. The second-order valence-electron chi connectivity index (χ2n) is 9.54. The molecule has 2 aliphatic rings. The summed E-state index contributed by atoms with van der Waals surface area (Å²) in [5.41, 5.74) is 2.18. The number of rotatable bonds is 6. The van der Waals surface area contributed by atoms with E-state index in [9.17, 15) is 9.18 Å². The maximum Gasteiger partial charge on any atom is 0.165 e. The van der Waals surface area contributed by atoms with E-state index >= 15 is 0 Å². The summed E-state index contributed by atoms with van der Waals surface area (Å²) in [7, 11) is 0. The lowest BCUT2D eigenvalue weighted by Crippen LogP contribution is -2.48. The van der Waals surface area contributed by atoms with Crippen LogP contribution in [0.2, 0.25) is 5.02 Å². The first kappa shape index (κ1) is 24.4. The molecule has 2 fully saturated rings. The number of anilines is 2. The number of halogens is 2. The quantitative estimate of drug-likeness (QED) is 0.379. The molecule has 0 saturated carbocycles.